The number of nitrogens with one attached hydrogen (secondary N) is 1. The Balaban J connectivity index is 0.000000637. The minimum Gasteiger partial charge on any atom is -0.316 e. The van der Waals surface area contributed by atoms with Crippen molar-refractivity contribution in [2.45, 2.75) is 39.4 Å². The van der Waals surface area contributed by atoms with E-state index in [0.29, 0.717) is 17.9 Å². The maximum atomic E-state index is 12.4. The monoisotopic (exact) mass is 275 g/mol. The van der Waals surface area contributed by atoms with Crippen molar-refractivity contribution < 1.29 is 13.2 Å². The molecular weight excluding hydrogens is 255 g/mol. The van der Waals surface area contributed by atoms with Crippen LogP contribution in [0.15, 0.2) is 12.4 Å². The first-order valence-corrected chi connectivity index (χ1v) is 6.77. The Morgan fingerprint density at radius 3 is 2.42 bits per heavy atom. The maximum absolute atomic E-state index is 12.4. The lowest BCUT2D eigenvalue weighted by Gasteiger charge is -2.54. The Morgan fingerprint density at radius 1 is 1.37 bits per heavy atom. The van der Waals surface area contributed by atoms with Crippen LogP contribution in [-0.4, -0.2) is 22.9 Å². The molecule has 1 aliphatic carbocycles. The fourth-order valence-electron chi connectivity index (χ4n) is 2.94. The molecule has 6 heteroatoms. The van der Waals surface area contributed by atoms with Gasteiger partial charge in [0.05, 0.1) is 11.8 Å². The second-order valence-corrected chi connectivity index (χ2v) is 5.33. The third kappa shape index (κ3) is 2.94. The minimum absolute atomic E-state index is 0.463. The predicted molar refractivity (Wildman–Crippen MR) is 66.6 cm³/mol. The highest BCUT2D eigenvalue weighted by Crippen LogP contribution is 2.48. The minimum atomic E-state index is -4.28. The van der Waals surface area contributed by atoms with Gasteiger partial charge in [-0.3, -0.25) is 4.68 Å². The summed E-state index contributed by atoms with van der Waals surface area (Å²) < 4.78 is 38.5. The van der Waals surface area contributed by atoms with E-state index in [-0.39, 0.29) is 0 Å². The van der Waals surface area contributed by atoms with Gasteiger partial charge in [-0.1, -0.05) is 13.8 Å². The lowest BCUT2D eigenvalue weighted by atomic mass is 9.58. The third-order valence-corrected chi connectivity index (χ3v) is 3.85. The highest BCUT2D eigenvalue weighted by molar-refractivity contribution is 5.09. The van der Waals surface area contributed by atoms with Crippen molar-refractivity contribution in [3.63, 3.8) is 0 Å². The molecule has 1 aliphatic heterocycles. The van der Waals surface area contributed by atoms with E-state index in [4.69, 9.17) is 0 Å². The van der Waals surface area contributed by atoms with Crippen molar-refractivity contribution in [3.8, 4) is 0 Å². The number of nitrogens with zero attached hydrogens (tertiary/aromatic N) is 2. The van der Waals surface area contributed by atoms with Crippen LogP contribution in [0, 0.1) is 11.3 Å². The summed E-state index contributed by atoms with van der Waals surface area (Å²) in [6.07, 6.45) is -0.0528. The van der Waals surface area contributed by atoms with Crippen LogP contribution in [0.5, 0.6) is 0 Å². The summed E-state index contributed by atoms with van der Waals surface area (Å²) in [7, 11) is 0. The maximum Gasteiger partial charge on any atom is 0.419 e. The van der Waals surface area contributed by atoms with Crippen LogP contribution < -0.4 is 5.32 Å². The van der Waals surface area contributed by atoms with Gasteiger partial charge < -0.3 is 5.32 Å². The normalized spacial score (nSPS) is 21.3. The van der Waals surface area contributed by atoms with Gasteiger partial charge in [0.15, 0.2) is 0 Å². The van der Waals surface area contributed by atoms with Crippen molar-refractivity contribution in [2.75, 3.05) is 13.1 Å². The van der Waals surface area contributed by atoms with Crippen LogP contribution in [0.25, 0.3) is 0 Å². The Labute approximate surface area is 111 Å². The van der Waals surface area contributed by atoms with E-state index < -0.39 is 11.7 Å². The molecule has 2 heterocycles. The molecule has 108 valence electrons. The molecule has 1 aromatic rings. The Kier molecular flexibility index (Phi) is 3.90. The van der Waals surface area contributed by atoms with Crippen molar-refractivity contribution in [3.05, 3.63) is 18.0 Å². The molecular formula is C13H20F3N3. The standard InChI is InChI=1S/C11H14F3N3.C2H6/c12-11(13,14)9-3-16-17(5-9)4-8-1-10(2-8)6-15-7-10;1-2/h3,5,8,15H,1-2,4,6-7H2;1-2H3. The van der Waals surface area contributed by atoms with Gasteiger partial charge in [0.25, 0.3) is 0 Å². The van der Waals surface area contributed by atoms with Gasteiger partial charge in [-0.25, -0.2) is 0 Å². The molecule has 1 N–H and O–H groups in total. The van der Waals surface area contributed by atoms with Gasteiger partial charge in [-0.05, 0) is 24.2 Å². The SMILES string of the molecule is CC.FC(F)(F)c1cnn(CC2CC3(CNC3)C2)c1. The number of alkyl halides is 3. The molecule has 3 rings (SSSR count). The largest absolute Gasteiger partial charge is 0.419 e. The lowest BCUT2D eigenvalue weighted by molar-refractivity contribution is -0.137. The van der Waals surface area contributed by atoms with Crippen molar-refractivity contribution in [2.24, 2.45) is 11.3 Å². The number of halogens is 3. The Hall–Kier alpha value is -1.04. The Bertz CT molecular complexity index is 413. The van der Waals surface area contributed by atoms with Crippen molar-refractivity contribution in [1.82, 2.24) is 15.1 Å². The first kappa shape index (κ1) is 14.4. The molecule has 2 aliphatic rings. The molecule has 0 bridgehead atoms. The summed E-state index contributed by atoms with van der Waals surface area (Å²) in [5, 5.41) is 7.02. The molecule has 1 saturated heterocycles. The highest BCUT2D eigenvalue weighted by atomic mass is 19.4. The quantitative estimate of drug-likeness (QED) is 0.899. The number of aromatic nitrogens is 2. The van der Waals surface area contributed by atoms with Crippen LogP contribution in [0.4, 0.5) is 13.2 Å². The van der Waals surface area contributed by atoms with E-state index in [1.807, 2.05) is 13.8 Å². The van der Waals surface area contributed by atoms with Gasteiger partial charge in [-0.15, -0.1) is 0 Å². The molecule has 1 saturated carbocycles. The van der Waals surface area contributed by atoms with Crippen LogP contribution in [0.2, 0.25) is 0 Å². The van der Waals surface area contributed by atoms with Crippen LogP contribution in [0.3, 0.4) is 0 Å². The molecule has 0 radical (unpaired) electrons. The summed E-state index contributed by atoms with van der Waals surface area (Å²) in [6, 6.07) is 0. The lowest BCUT2D eigenvalue weighted by Crippen LogP contribution is -2.60. The first-order chi connectivity index (χ1) is 8.97. The molecule has 3 nitrogen and oxygen atoms in total. The van der Waals surface area contributed by atoms with Crippen molar-refractivity contribution in [1.29, 1.82) is 0 Å². The predicted octanol–water partition coefficient (Wildman–Crippen LogP) is 2.93. The molecule has 0 aromatic carbocycles. The van der Waals surface area contributed by atoms with Gasteiger partial charge in [0, 0.05) is 25.8 Å². The molecule has 0 atom stereocenters. The van der Waals surface area contributed by atoms with E-state index in [0.717, 1.165) is 38.3 Å². The van der Waals surface area contributed by atoms with Gasteiger partial charge in [-0.2, -0.15) is 18.3 Å². The summed E-state index contributed by atoms with van der Waals surface area (Å²) >= 11 is 0. The van der Waals surface area contributed by atoms with Crippen LogP contribution in [0.1, 0.15) is 32.3 Å². The van der Waals surface area contributed by atoms with Crippen LogP contribution in [-0.2, 0) is 12.7 Å². The molecule has 0 unspecified atom stereocenters. The van der Waals surface area contributed by atoms with E-state index in [1.165, 1.54) is 4.68 Å². The van der Waals surface area contributed by atoms with Gasteiger partial charge >= 0.3 is 6.18 Å². The number of hydrogen-bond donors (Lipinski definition) is 1. The molecule has 0 amide bonds. The summed E-state index contributed by atoms with van der Waals surface area (Å²) in [4.78, 5) is 0. The topological polar surface area (TPSA) is 29.9 Å². The first-order valence-electron chi connectivity index (χ1n) is 6.77. The molecule has 19 heavy (non-hydrogen) atoms. The zero-order valence-electron chi connectivity index (χ0n) is 11.3. The zero-order valence-corrected chi connectivity index (χ0v) is 11.3. The average Bonchev–Trinajstić information content (AvgIpc) is 2.71. The molecule has 1 aromatic heterocycles. The van der Waals surface area contributed by atoms with Gasteiger partial charge in [0.1, 0.15) is 0 Å². The van der Waals surface area contributed by atoms with E-state index in [1.54, 1.807) is 0 Å². The summed E-state index contributed by atoms with van der Waals surface area (Å²) in [5.41, 5.74) is -0.193. The van der Waals surface area contributed by atoms with Gasteiger partial charge in [0.2, 0.25) is 0 Å². The van der Waals surface area contributed by atoms with E-state index in [2.05, 4.69) is 10.4 Å². The molecule has 1 spiro atoms. The van der Waals surface area contributed by atoms with Crippen LogP contribution >= 0.6 is 0 Å². The fraction of sp³-hybridized carbons (Fsp3) is 0.769. The fourth-order valence-corrected chi connectivity index (χ4v) is 2.94. The summed E-state index contributed by atoms with van der Waals surface area (Å²) in [5.74, 6) is 0.484. The average molecular weight is 275 g/mol. The third-order valence-electron chi connectivity index (χ3n) is 3.85. The number of hydrogen-bond acceptors (Lipinski definition) is 2. The molecule has 2 fully saturated rings. The number of rotatable bonds is 2. The smallest absolute Gasteiger partial charge is 0.316 e. The van der Waals surface area contributed by atoms with E-state index in [9.17, 15) is 13.2 Å². The highest BCUT2D eigenvalue weighted by Gasteiger charge is 2.48. The second-order valence-electron chi connectivity index (χ2n) is 5.33. The van der Waals surface area contributed by atoms with Crippen molar-refractivity contribution >= 4 is 0 Å². The Morgan fingerprint density at radius 2 is 2.00 bits per heavy atom. The second kappa shape index (κ2) is 5.15. The zero-order chi connectivity index (χ0) is 14.1. The van der Waals surface area contributed by atoms with E-state index >= 15 is 0 Å². The summed E-state index contributed by atoms with van der Waals surface area (Å²) in [6.45, 7) is 6.74.